The SMILES string of the molecule is CCOc1ccc2[nH]c(=O)c(CN(C(C)=O)C3CCCCC3)cc2c1. The van der Waals surface area contributed by atoms with E-state index in [9.17, 15) is 9.59 Å². The molecule has 0 radical (unpaired) electrons. The van der Waals surface area contributed by atoms with Gasteiger partial charge in [-0.25, -0.2) is 0 Å². The Kier molecular flexibility index (Phi) is 5.41. The molecular weight excluding hydrogens is 316 g/mol. The van der Waals surface area contributed by atoms with Crippen LogP contribution in [0.5, 0.6) is 5.75 Å². The summed E-state index contributed by atoms with van der Waals surface area (Å²) in [5.74, 6) is 0.818. The van der Waals surface area contributed by atoms with Crippen molar-refractivity contribution in [1.29, 1.82) is 0 Å². The molecule has 5 nitrogen and oxygen atoms in total. The summed E-state index contributed by atoms with van der Waals surface area (Å²) in [6.07, 6.45) is 5.60. The van der Waals surface area contributed by atoms with Gasteiger partial charge in [-0.05, 0) is 44.0 Å². The van der Waals surface area contributed by atoms with E-state index in [0.29, 0.717) is 18.7 Å². The lowest BCUT2D eigenvalue weighted by Gasteiger charge is -2.33. The first-order valence-electron chi connectivity index (χ1n) is 9.14. The predicted octanol–water partition coefficient (Wildman–Crippen LogP) is 3.61. The van der Waals surface area contributed by atoms with E-state index in [2.05, 4.69) is 4.98 Å². The molecule has 1 aliphatic rings. The monoisotopic (exact) mass is 342 g/mol. The summed E-state index contributed by atoms with van der Waals surface area (Å²) in [6.45, 7) is 4.50. The van der Waals surface area contributed by atoms with Crippen molar-refractivity contribution in [1.82, 2.24) is 9.88 Å². The maximum absolute atomic E-state index is 12.5. The molecule has 1 N–H and O–H groups in total. The number of benzene rings is 1. The molecule has 0 spiro atoms. The first-order valence-corrected chi connectivity index (χ1v) is 9.14. The highest BCUT2D eigenvalue weighted by Crippen LogP contribution is 2.25. The van der Waals surface area contributed by atoms with Crippen LogP contribution >= 0.6 is 0 Å². The first kappa shape index (κ1) is 17.5. The third kappa shape index (κ3) is 4.03. The minimum atomic E-state index is -0.126. The van der Waals surface area contributed by atoms with E-state index in [1.165, 1.54) is 6.42 Å². The topological polar surface area (TPSA) is 62.4 Å². The number of nitrogens with zero attached hydrogens (tertiary/aromatic N) is 1. The van der Waals surface area contributed by atoms with E-state index >= 15 is 0 Å². The molecule has 25 heavy (non-hydrogen) atoms. The number of aromatic nitrogens is 1. The number of H-pyrrole nitrogens is 1. The van der Waals surface area contributed by atoms with Crippen LogP contribution in [0.2, 0.25) is 0 Å². The van der Waals surface area contributed by atoms with Crippen molar-refractivity contribution in [2.45, 2.75) is 58.5 Å². The molecule has 0 bridgehead atoms. The normalized spacial score (nSPS) is 15.3. The third-order valence-electron chi connectivity index (χ3n) is 4.96. The number of pyridine rings is 1. The summed E-state index contributed by atoms with van der Waals surface area (Å²) in [5, 5.41) is 0.924. The van der Waals surface area contributed by atoms with E-state index in [1.807, 2.05) is 36.1 Å². The Bertz CT molecular complexity index is 806. The molecule has 1 fully saturated rings. The molecule has 5 heteroatoms. The fourth-order valence-electron chi connectivity index (χ4n) is 3.68. The van der Waals surface area contributed by atoms with Crippen LogP contribution in [-0.4, -0.2) is 28.4 Å². The Morgan fingerprint density at radius 3 is 2.68 bits per heavy atom. The molecule has 1 aliphatic carbocycles. The lowest BCUT2D eigenvalue weighted by Crippen LogP contribution is -2.40. The van der Waals surface area contributed by atoms with Gasteiger partial charge < -0.3 is 14.6 Å². The van der Waals surface area contributed by atoms with Gasteiger partial charge in [0, 0.05) is 29.4 Å². The van der Waals surface area contributed by atoms with Gasteiger partial charge in [-0.3, -0.25) is 9.59 Å². The Hall–Kier alpha value is -2.30. The smallest absolute Gasteiger partial charge is 0.253 e. The molecule has 1 aromatic carbocycles. The standard InChI is InChI=1S/C20H26N2O3/c1-3-25-18-9-10-19-15(12-18)11-16(20(24)21-19)13-22(14(2)23)17-7-5-4-6-8-17/h9-12,17H,3-8,13H2,1-2H3,(H,21,24). The number of carbonyl (C=O) groups excluding carboxylic acids is 1. The number of ether oxygens (including phenoxy) is 1. The quantitative estimate of drug-likeness (QED) is 0.903. The molecule has 134 valence electrons. The molecule has 1 aromatic heterocycles. The number of fused-ring (bicyclic) bond motifs is 1. The van der Waals surface area contributed by atoms with Crippen LogP contribution in [0.25, 0.3) is 10.9 Å². The number of amides is 1. The maximum atomic E-state index is 12.5. The van der Waals surface area contributed by atoms with Gasteiger partial charge in [0.2, 0.25) is 5.91 Å². The lowest BCUT2D eigenvalue weighted by atomic mass is 9.94. The molecular formula is C20H26N2O3. The fourth-order valence-corrected chi connectivity index (χ4v) is 3.68. The summed E-state index contributed by atoms with van der Waals surface area (Å²) < 4.78 is 5.54. The van der Waals surface area contributed by atoms with Gasteiger partial charge in [0.05, 0.1) is 13.2 Å². The highest BCUT2D eigenvalue weighted by molar-refractivity contribution is 5.80. The summed E-state index contributed by atoms with van der Waals surface area (Å²) >= 11 is 0. The molecule has 2 aromatic rings. The van der Waals surface area contributed by atoms with Crippen LogP contribution in [0, 0.1) is 0 Å². The largest absolute Gasteiger partial charge is 0.494 e. The van der Waals surface area contributed by atoms with E-state index < -0.39 is 0 Å². The van der Waals surface area contributed by atoms with Crippen LogP contribution in [0.1, 0.15) is 51.5 Å². The van der Waals surface area contributed by atoms with Crippen molar-refractivity contribution in [2.75, 3.05) is 6.61 Å². The van der Waals surface area contributed by atoms with Gasteiger partial charge in [-0.2, -0.15) is 0 Å². The minimum Gasteiger partial charge on any atom is -0.494 e. The van der Waals surface area contributed by atoms with Crippen LogP contribution in [0.3, 0.4) is 0 Å². The number of rotatable bonds is 5. The first-order chi connectivity index (χ1) is 12.1. The van der Waals surface area contributed by atoms with Gasteiger partial charge in [-0.15, -0.1) is 0 Å². The van der Waals surface area contributed by atoms with Crippen molar-refractivity contribution >= 4 is 16.8 Å². The van der Waals surface area contributed by atoms with Crippen LogP contribution in [0.4, 0.5) is 0 Å². The zero-order valence-electron chi connectivity index (χ0n) is 15.0. The van der Waals surface area contributed by atoms with Crippen LogP contribution in [-0.2, 0) is 11.3 Å². The Morgan fingerprint density at radius 1 is 1.24 bits per heavy atom. The van der Waals surface area contributed by atoms with E-state index in [1.54, 1.807) is 6.92 Å². The van der Waals surface area contributed by atoms with Crippen molar-refractivity contribution in [3.05, 3.63) is 40.2 Å². The van der Waals surface area contributed by atoms with Gasteiger partial charge in [-0.1, -0.05) is 19.3 Å². The van der Waals surface area contributed by atoms with Crippen molar-refractivity contribution in [2.24, 2.45) is 0 Å². The number of carbonyl (C=O) groups is 1. The molecule has 1 saturated carbocycles. The average Bonchev–Trinajstić information content (AvgIpc) is 2.61. The second kappa shape index (κ2) is 7.72. The van der Waals surface area contributed by atoms with Crippen LogP contribution < -0.4 is 10.3 Å². The van der Waals surface area contributed by atoms with Crippen molar-refractivity contribution < 1.29 is 9.53 Å². The molecule has 1 heterocycles. The zero-order chi connectivity index (χ0) is 17.8. The number of aromatic amines is 1. The van der Waals surface area contributed by atoms with E-state index in [4.69, 9.17) is 4.74 Å². The van der Waals surface area contributed by atoms with Gasteiger partial charge in [0.15, 0.2) is 0 Å². The second-order valence-corrected chi connectivity index (χ2v) is 6.74. The highest BCUT2D eigenvalue weighted by atomic mass is 16.5. The third-order valence-corrected chi connectivity index (χ3v) is 4.96. The molecule has 3 rings (SSSR count). The predicted molar refractivity (Wildman–Crippen MR) is 98.8 cm³/mol. The fraction of sp³-hybridized carbons (Fsp3) is 0.500. The Morgan fingerprint density at radius 2 is 2.00 bits per heavy atom. The second-order valence-electron chi connectivity index (χ2n) is 6.74. The van der Waals surface area contributed by atoms with Crippen LogP contribution in [0.15, 0.2) is 29.1 Å². The maximum Gasteiger partial charge on any atom is 0.253 e. The number of nitrogens with one attached hydrogen (secondary N) is 1. The highest BCUT2D eigenvalue weighted by Gasteiger charge is 2.24. The van der Waals surface area contributed by atoms with E-state index in [0.717, 1.165) is 42.3 Å². The molecule has 0 saturated heterocycles. The van der Waals surface area contributed by atoms with E-state index in [-0.39, 0.29) is 17.5 Å². The Balaban J connectivity index is 1.91. The van der Waals surface area contributed by atoms with Crippen molar-refractivity contribution in [3.63, 3.8) is 0 Å². The number of hydrogen-bond donors (Lipinski definition) is 1. The molecule has 0 unspecified atom stereocenters. The Labute approximate surface area is 148 Å². The van der Waals surface area contributed by atoms with Gasteiger partial charge in [0.1, 0.15) is 5.75 Å². The summed E-state index contributed by atoms with van der Waals surface area (Å²) in [5.41, 5.74) is 1.28. The lowest BCUT2D eigenvalue weighted by molar-refractivity contribution is -0.132. The molecule has 0 atom stereocenters. The zero-order valence-corrected chi connectivity index (χ0v) is 15.0. The number of hydrogen-bond acceptors (Lipinski definition) is 3. The van der Waals surface area contributed by atoms with Crippen molar-refractivity contribution in [3.8, 4) is 5.75 Å². The molecule has 1 amide bonds. The van der Waals surface area contributed by atoms with Gasteiger partial charge >= 0.3 is 0 Å². The summed E-state index contributed by atoms with van der Waals surface area (Å²) in [4.78, 5) is 29.4. The van der Waals surface area contributed by atoms with Gasteiger partial charge in [0.25, 0.3) is 5.56 Å². The molecule has 0 aliphatic heterocycles. The summed E-state index contributed by atoms with van der Waals surface area (Å²) in [6, 6.07) is 7.77. The average molecular weight is 342 g/mol. The minimum absolute atomic E-state index is 0.0365. The summed E-state index contributed by atoms with van der Waals surface area (Å²) in [7, 11) is 0.